The molecule has 0 fully saturated rings. The smallest absolute Gasteiger partial charge is 0.343 e. The normalized spacial score (nSPS) is 11.7. The van der Waals surface area contributed by atoms with Crippen molar-refractivity contribution in [3.63, 3.8) is 0 Å². The molecule has 2 aromatic heterocycles. The fourth-order valence-corrected chi connectivity index (χ4v) is 1.78. The van der Waals surface area contributed by atoms with Crippen molar-refractivity contribution in [2.24, 2.45) is 5.73 Å². The van der Waals surface area contributed by atoms with E-state index < -0.39 is 12.0 Å². The van der Waals surface area contributed by atoms with Crippen molar-refractivity contribution in [3.05, 3.63) is 70.6 Å². The van der Waals surface area contributed by atoms with Crippen molar-refractivity contribution in [1.29, 1.82) is 0 Å². The van der Waals surface area contributed by atoms with Gasteiger partial charge < -0.3 is 15.3 Å². The highest BCUT2D eigenvalue weighted by Crippen LogP contribution is 2.04. The lowest BCUT2D eigenvalue weighted by Crippen LogP contribution is -2.32. The second kappa shape index (κ2) is 6.67. The third-order valence-electron chi connectivity index (χ3n) is 2.92. The van der Waals surface area contributed by atoms with Crippen LogP contribution in [0, 0.1) is 0 Å². The maximum absolute atomic E-state index is 10.7. The average molecular weight is 285 g/mol. The van der Waals surface area contributed by atoms with Gasteiger partial charge in [0.25, 0.3) is 0 Å². The average Bonchev–Trinajstić information content (AvgIpc) is 2.50. The molecule has 21 heavy (non-hydrogen) atoms. The minimum atomic E-state index is -0.959. The minimum Gasteiger partial charge on any atom is -0.480 e. The molecule has 2 heterocycles. The Morgan fingerprint density at radius 3 is 2.10 bits per heavy atom. The van der Waals surface area contributed by atoms with Gasteiger partial charge >= 0.3 is 11.6 Å². The summed E-state index contributed by atoms with van der Waals surface area (Å²) >= 11 is 0. The Hall–Kier alpha value is -2.66. The predicted molar refractivity (Wildman–Crippen MR) is 79.4 cm³/mol. The van der Waals surface area contributed by atoms with Gasteiger partial charge in [0.15, 0.2) is 0 Å². The summed E-state index contributed by atoms with van der Waals surface area (Å²) in [6.07, 6.45) is 0.385. The maximum atomic E-state index is 10.7. The summed E-state index contributed by atoms with van der Waals surface area (Å²) in [5.41, 5.74) is 6.69. The van der Waals surface area contributed by atoms with Gasteiger partial charge in [0.1, 0.15) is 11.6 Å². The van der Waals surface area contributed by atoms with Gasteiger partial charge in [-0.2, -0.15) is 0 Å². The number of carboxylic acid groups (broad SMARTS) is 1. The molecule has 0 saturated heterocycles. The van der Waals surface area contributed by atoms with Crippen LogP contribution in [0.15, 0.2) is 63.8 Å². The quantitative estimate of drug-likeness (QED) is 0.766. The molecule has 0 aliphatic heterocycles. The van der Waals surface area contributed by atoms with Crippen LogP contribution in [0.5, 0.6) is 0 Å². The molecule has 4 aromatic rings. The Morgan fingerprint density at radius 1 is 1.10 bits per heavy atom. The van der Waals surface area contributed by atoms with Gasteiger partial charge in [-0.05, 0) is 36.2 Å². The van der Waals surface area contributed by atoms with Crippen molar-refractivity contribution in [1.82, 2.24) is 0 Å². The van der Waals surface area contributed by atoms with Crippen LogP contribution in [0.1, 0.15) is 5.56 Å². The van der Waals surface area contributed by atoms with E-state index in [1.807, 2.05) is 30.3 Å². The number of aliphatic carboxylic acids is 1. The standard InChI is InChI=1S/C9H11NO2.C7H4O2/c10-8(9(11)12)6-7-4-2-1-3-5-7;8-7-5-1-3-6(9-7)4-2-5/h1-5,8H,6,10H2,(H,11,12);1-4H. The van der Waals surface area contributed by atoms with Gasteiger partial charge in [-0.3, -0.25) is 4.79 Å². The molecule has 5 nitrogen and oxygen atoms in total. The number of hydrogen-bond acceptors (Lipinski definition) is 4. The predicted octanol–water partition coefficient (Wildman–Crippen LogP) is 1.87. The summed E-state index contributed by atoms with van der Waals surface area (Å²) in [5, 5.41) is 9.15. The molecule has 3 N–H and O–H groups in total. The Kier molecular flexibility index (Phi) is 4.68. The highest BCUT2D eigenvalue weighted by Gasteiger charge is 2.10. The van der Waals surface area contributed by atoms with Crippen LogP contribution >= 0.6 is 0 Å². The lowest BCUT2D eigenvalue weighted by Gasteiger charge is -2.04. The zero-order valence-corrected chi connectivity index (χ0v) is 11.2. The van der Waals surface area contributed by atoms with Crippen LogP contribution in [-0.2, 0) is 11.2 Å². The molecule has 1 atom stereocenters. The summed E-state index contributed by atoms with van der Waals surface area (Å²) in [7, 11) is 0. The van der Waals surface area contributed by atoms with Gasteiger partial charge in [-0.1, -0.05) is 30.3 Å². The highest BCUT2D eigenvalue weighted by atomic mass is 16.4. The summed E-state index contributed by atoms with van der Waals surface area (Å²) < 4.78 is 4.75. The Bertz CT molecular complexity index is 731. The van der Waals surface area contributed by atoms with Crippen LogP contribution in [0.4, 0.5) is 0 Å². The molecular weight excluding hydrogens is 270 g/mol. The fourth-order valence-electron chi connectivity index (χ4n) is 1.78. The van der Waals surface area contributed by atoms with Crippen molar-refractivity contribution in [2.45, 2.75) is 12.5 Å². The molecule has 0 aliphatic carbocycles. The number of hydrogen-bond donors (Lipinski definition) is 2. The maximum Gasteiger partial charge on any atom is 0.343 e. The summed E-state index contributed by atoms with van der Waals surface area (Å²) in [5.74, 6) is -0.959. The monoisotopic (exact) mass is 285 g/mol. The number of rotatable bonds is 3. The zero-order chi connectivity index (χ0) is 15.2. The summed E-state index contributed by atoms with van der Waals surface area (Å²) in [6.45, 7) is 0. The Labute approximate surface area is 121 Å². The first kappa shape index (κ1) is 14.7. The van der Waals surface area contributed by atoms with E-state index in [1.54, 1.807) is 24.3 Å². The van der Waals surface area contributed by atoms with Gasteiger partial charge in [-0.15, -0.1) is 0 Å². The molecule has 0 aliphatic rings. The molecule has 0 spiro atoms. The number of fused-ring (bicyclic) bond motifs is 3. The zero-order valence-electron chi connectivity index (χ0n) is 11.2. The second-order valence-electron chi connectivity index (χ2n) is 4.55. The van der Waals surface area contributed by atoms with E-state index >= 15 is 0 Å². The molecule has 2 bridgehead atoms. The van der Waals surface area contributed by atoms with E-state index in [0.29, 0.717) is 17.4 Å². The van der Waals surface area contributed by atoms with E-state index in [9.17, 15) is 9.59 Å². The summed E-state index contributed by atoms with van der Waals surface area (Å²) in [6, 6.07) is 15.6. The molecule has 2 aromatic carbocycles. The van der Waals surface area contributed by atoms with Crippen LogP contribution < -0.4 is 11.4 Å². The van der Waals surface area contributed by atoms with E-state index in [4.69, 9.17) is 15.3 Å². The second-order valence-corrected chi connectivity index (χ2v) is 4.55. The van der Waals surface area contributed by atoms with E-state index in [2.05, 4.69) is 0 Å². The van der Waals surface area contributed by atoms with Crippen molar-refractivity contribution >= 4 is 16.9 Å². The van der Waals surface area contributed by atoms with Crippen LogP contribution in [0.3, 0.4) is 0 Å². The van der Waals surface area contributed by atoms with Gasteiger partial charge in [0.2, 0.25) is 0 Å². The largest absolute Gasteiger partial charge is 0.480 e. The van der Waals surface area contributed by atoms with Crippen LogP contribution in [0.25, 0.3) is 11.0 Å². The third-order valence-corrected chi connectivity index (χ3v) is 2.92. The number of benzene rings is 2. The first-order valence-electron chi connectivity index (χ1n) is 6.41. The lowest BCUT2D eigenvalue weighted by atomic mass is 10.1. The van der Waals surface area contributed by atoms with E-state index in [0.717, 1.165) is 5.56 Å². The van der Waals surface area contributed by atoms with E-state index in [1.165, 1.54) is 0 Å². The third kappa shape index (κ3) is 4.15. The van der Waals surface area contributed by atoms with Crippen molar-refractivity contribution in [3.8, 4) is 0 Å². The first-order chi connectivity index (χ1) is 10.1. The Balaban J connectivity index is 0.000000159. The van der Waals surface area contributed by atoms with Crippen LogP contribution in [0.2, 0.25) is 0 Å². The van der Waals surface area contributed by atoms with Gasteiger partial charge in [-0.25, -0.2) is 4.79 Å². The first-order valence-corrected chi connectivity index (χ1v) is 6.41. The highest BCUT2D eigenvalue weighted by molar-refractivity contribution is 5.73. The molecule has 4 rings (SSSR count). The number of carbonyl (C=O) groups is 1. The fraction of sp³-hybridized carbons (Fsp3) is 0.125. The molecule has 0 radical (unpaired) electrons. The number of carboxylic acids is 1. The Morgan fingerprint density at radius 2 is 1.71 bits per heavy atom. The van der Waals surface area contributed by atoms with E-state index in [-0.39, 0.29) is 5.63 Å². The molecule has 1 unspecified atom stereocenters. The topological polar surface area (TPSA) is 93.5 Å². The van der Waals surface area contributed by atoms with Crippen molar-refractivity contribution in [2.75, 3.05) is 0 Å². The molecular formula is C16H15NO4. The molecule has 0 saturated carbocycles. The van der Waals surface area contributed by atoms with Crippen LogP contribution in [-0.4, -0.2) is 17.1 Å². The van der Waals surface area contributed by atoms with Crippen molar-refractivity contribution < 1.29 is 14.3 Å². The molecule has 108 valence electrons. The SMILES string of the molecule is NC(Cc1ccccc1)C(=O)O.O=c1oc2ccc1cc2. The number of nitrogens with two attached hydrogens (primary N) is 1. The summed E-state index contributed by atoms with van der Waals surface area (Å²) in [4.78, 5) is 21.1. The molecule has 5 heteroatoms. The minimum absolute atomic E-state index is 0.241. The molecule has 0 amide bonds. The van der Waals surface area contributed by atoms with Gasteiger partial charge in [0, 0.05) is 0 Å². The van der Waals surface area contributed by atoms with Gasteiger partial charge in [0.05, 0.1) is 5.39 Å². The lowest BCUT2D eigenvalue weighted by molar-refractivity contribution is -0.138.